The molecule has 86 valence electrons. The number of carbonyl (C=O) groups is 1. The first kappa shape index (κ1) is 13.0. The van der Waals surface area contributed by atoms with Gasteiger partial charge in [0, 0.05) is 16.6 Å². The Hall–Kier alpha value is -1.09. The van der Waals surface area contributed by atoms with Gasteiger partial charge in [-0.2, -0.15) is 0 Å². The van der Waals surface area contributed by atoms with Crippen molar-refractivity contribution in [3.8, 4) is 0 Å². The average molecular weight is 282 g/mol. The monoisotopic (exact) mass is 281 g/mol. The summed E-state index contributed by atoms with van der Waals surface area (Å²) in [5.41, 5.74) is 1.02. The largest absolute Gasteiger partial charge is 0.350 e. The zero-order valence-corrected chi connectivity index (χ0v) is 11.1. The molecular formula is C13H16BrNO. The molecule has 0 aliphatic rings. The van der Waals surface area contributed by atoms with E-state index in [9.17, 15) is 4.79 Å². The van der Waals surface area contributed by atoms with Gasteiger partial charge in [0.05, 0.1) is 0 Å². The van der Waals surface area contributed by atoms with E-state index in [0.717, 1.165) is 16.5 Å². The number of benzene rings is 1. The summed E-state index contributed by atoms with van der Waals surface area (Å²) in [4.78, 5) is 11.4. The number of halogens is 1. The van der Waals surface area contributed by atoms with Gasteiger partial charge in [0.25, 0.3) is 0 Å². The number of nitrogens with one attached hydrogen (secondary N) is 1. The van der Waals surface area contributed by atoms with E-state index in [-0.39, 0.29) is 11.9 Å². The topological polar surface area (TPSA) is 29.1 Å². The Balaban J connectivity index is 2.53. The first-order valence-corrected chi connectivity index (χ1v) is 6.15. The maximum atomic E-state index is 11.4. The van der Waals surface area contributed by atoms with Crippen molar-refractivity contribution in [1.82, 2.24) is 5.32 Å². The van der Waals surface area contributed by atoms with Gasteiger partial charge >= 0.3 is 0 Å². The van der Waals surface area contributed by atoms with Crippen LogP contribution in [0.5, 0.6) is 0 Å². The van der Waals surface area contributed by atoms with Gasteiger partial charge in [-0.3, -0.25) is 4.79 Å². The van der Waals surface area contributed by atoms with Crippen LogP contribution in [0.4, 0.5) is 0 Å². The number of amides is 1. The minimum atomic E-state index is -0.0442. The molecule has 0 aliphatic heterocycles. The molecule has 0 aliphatic carbocycles. The first-order chi connectivity index (χ1) is 7.61. The molecule has 1 aromatic rings. The second-order valence-corrected chi connectivity index (χ2v) is 4.62. The smallest absolute Gasteiger partial charge is 0.244 e. The molecule has 0 aromatic heterocycles. The predicted molar refractivity (Wildman–Crippen MR) is 71.1 cm³/mol. The highest BCUT2D eigenvalue weighted by molar-refractivity contribution is 9.10. The maximum absolute atomic E-state index is 11.4. The average Bonchev–Trinajstić information content (AvgIpc) is 2.28. The molecule has 0 heterocycles. The Labute approximate surface area is 105 Å². The van der Waals surface area contributed by atoms with Crippen LogP contribution >= 0.6 is 15.9 Å². The summed E-state index contributed by atoms with van der Waals surface area (Å²) in [5, 5.41) is 2.88. The third-order valence-electron chi connectivity index (χ3n) is 2.30. The van der Waals surface area contributed by atoms with Gasteiger partial charge in [-0.15, -0.1) is 0 Å². The Morgan fingerprint density at radius 3 is 2.62 bits per heavy atom. The lowest BCUT2D eigenvalue weighted by Crippen LogP contribution is -2.30. The lowest BCUT2D eigenvalue weighted by molar-refractivity contribution is -0.117. The van der Waals surface area contributed by atoms with Crippen LogP contribution in [0.3, 0.4) is 0 Å². The van der Waals surface area contributed by atoms with Crippen LogP contribution in [0.25, 0.3) is 6.08 Å². The van der Waals surface area contributed by atoms with E-state index in [1.807, 2.05) is 44.2 Å². The molecule has 1 amide bonds. The summed E-state index contributed by atoms with van der Waals surface area (Å²) in [6, 6.07) is 8.04. The number of carbonyl (C=O) groups excluding carboxylic acids is 1. The fraction of sp³-hybridized carbons (Fsp3) is 0.308. The van der Waals surface area contributed by atoms with E-state index < -0.39 is 0 Å². The predicted octanol–water partition coefficient (Wildman–Crippen LogP) is 3.38. The molecule has 0 unspecified atom stereocenters. The van der Waals surface area contributed by atoms with Crippen molar-refractivity contribution in [2.24, 2.45) is 0 Å². The summed E-state index contributed by atoms with van der Waals surface area (Å²) < 4.78 is 1.04. The Morgan fingerprint density at radius 1 is 1.44 bits per heavy atom. The van der Waals surface area contributed by atoms with Crippen molar-refractivity contribution < 1.29 is 4.79 Å². The summed E-state index contributed by atoms with van der Waals surface area (Å²) in [7, 11) is 0. The van der Waals surface area contributed by atoms with E-state index in [1.165, 1.54) is 0 Å². The highest BCUT2D eigenvalue weighted by Crippen LogP contribution is 2.11. The third-order valence-corrected chi connectivity index (χ3v) is 2.83. The highest BCUT2D eigenvalue weighted by atomic mass is 79.9. The fourth-order valence-electron chi connectivity index (χ4n) is 1.14. The summed E-state index contributed by atoms with van der Waals surface area (Å²) in [6.45, 7) is 4.04. The second-order valence-electron chi connectivity index (χ2n) is 3.70. The molecule has 0 bridgehead atoms. The summed E-state index contributed by atoms with van der Waals surface area (Å²) in [6.07, 6.45) is 4.32. The molecule has 0 radical (unpaired) electrons. The molecule has 1 atom stereocenters. The van der Waals surface area contributed by atoms with Crippen molar-refractivity contribution >= 4 is 27.9 Å². The van der Waals surface area contributed by atoms with Gasteiger partial charge < -0.3 is 5.32 Å². The minimum absolute atomic E-state index is 0.0442. The molecule has 0 saturated carbocycles. The zero-order valence-electron chi connectivity index (χ0n) is 9.53. The van der Waals surface area contributed by atoms with Crippen LogP contribution in [-0.2, 0) is 4.79 Å². The van der Waals surface area contributed by atoms with Crippen LogP contribution in [0.1, 0.15) is 25.8 Å². The van der Waals surface area contributed by atoms with Gasteiger partial charge in [0.15, 0.2) is 0 Å². The standard InChI is InChI=1S/C13H16BrNO/c1-3-10(2)15-13(16)9-6-11-4-7-12(14)8-5-11/h4-10H,3H2,1-2H3,(H,15,16)/b9-6+/t10-/m1/s1. The molecular weight excluding hydrogens is 266 g/mol. The molecule has 0 saturated heterocycles. The van der Waals surface area contributed by atoms with Crippen LogP contribution < -0.4 is 5.32 Å². The quantitative estimate of drug-likeness (QED) is 0.843. The Kier molecular flexibility index (Phi) is 5.26. The van der Waals surface area contributed by atoms with E-state index in [2.05, 4.69) is 21.2 Å². The molecule has 1 rings (SSSR count). The van der Waals surface area contributed by atoms with Crippen LogP contribution in [0.2, 0.25) is 0 Å². The highest BCUT2D eigenvalue weighted by Gasteiger charge is 2.00. The summed E-state index contributed by atoms with van der Waals surface area (Å²) in [5.74, 6) is -0.0442. The molecule has 1 aromatic carbocycles. The molecule has 3 heteroatoms. The van der Waals surface area contributed by atoms with Crippen molar-refractivity contribution in [1.29, 1.82) is 0 Å². The number of hydrogen-bond donors (Lipinski definition) is 1. The van der Waals surface area contributed by atoms with Crippen LogP contribution in [0, 0.1) is 0 Å². The lowest BCUT2D eigenvalue weighted by atomic mass is 10.2. The Bertz CT molecular complexity index is 370. The Morgan fingerprint density at radius 2 is 2.06 bits per heavy atom. The molecule has 2 nitrogen and oxygen atoms in total. The van der Waals surface area contributed by atoms with E-state index in [0.29, 0.717) is 0 Å². The molecule has 16 heavy (non-hydrogen) atoms. The molecule has 1 N–H and O–H groups in total. The number of hydrogen-bond acceptors (Lipinski definition) is 1. The fourth-order valence-corrected chi connectivity index (χ4v) is 1.40. The van der Waals surface area contributed by atoms with E-state index >= 15 is 0 Å². The van der Waals surface area contributed by atoms with Crippen molar-refractivity contribution in [2.45, 2.75) is 26.3 Å². The second kappa shape index (κ2) is 6.48. The van der Waals surface area contributed by atoms with Gasteiger partial charge in [-0.1, -0.05) is 35.0 Å². The van der Waals surface area contributed by atoms with E-state index in [1.54, 1.807) is 6.08 Å². The minimum Gasteiger partial charge on any atom is -0.350 e. The van der Waals surface area contributed by atoms with Gasteiger partial charge in [0.1, 0.15) is 0 Å². The van der Waals surface area contributed by atoms with Crippen LogP contribution in [0.15, 0.2) is 34.8 Å². The van der Waals surface area contributed by atoms with Crippen molar-refractivity contribution in [3.63, 3.8) is 0 Å². The third kappa shape index (κ3) is 4.62. The van der Waals surface area contributed by atoms with Gasteiger partial charge in [-0.05, 0) is 37.1 Å². The lowest BCUT2D eigenvalue weighted by Gasteiger charge is -2.08. The zero-order chi connectivity index (χ0) is 12.0. The SMILES string of the molecule is CC[C@@H](C)NC(=O)/C=C/c1ccc(Br)cc1. The normalized spacial score (nSPS) is 12.7. The van der Waals surface area contributed by atoms with Gasteiger partial charge in [0.2, 0.25) is 5.91 Å². The number of rotatable bonds is 4. The van der Waals surface area contributed by atoms with Crippen LogP contribution in [-0.4, -0.2) is 11.9 Å². The molecule has 0 fully saturated rings. The van der Waals surface area contributed by atoms with Crippen molar-refractivity contribution in [2.75, 3.05) is 0 Å². The van der Waals surface area contributed by atoms with E-state index in [4.69, 9.17) is 0 Å². The maximum Gasteiger partial charge on any atom is 0.244 e. The van der Waals surface area contributed by atoms with Gasteiger partial charge in [-0.25, -0.2) is 0 Å². The van der Waals surface area contributed by atoms with Crippen molar-refractivity contribution in [3.05, 3.63) is 40.4 Å². The first-order valence-electron chi connectivity index (χ1n) is 5.36. The summed E-state index contributed by atoms with van der Waals surface area (Å²) >= 11 is 3.36. The molecule has 0 spiro atoms.